The van der Waals surface area contributed by atoms with Gasteiger partial charge in [0.05, 0.1) is 0 Å². The van der Waals surface area contributed by atoms with Crippen molar-refractivity contribution in [2.45, 2.75) is 52.1 Å². The van der Waals surface area contributed by atoms with Gasteiger partial charge in [-0.3, -0.25) is 4.79 Å². The second-order valence-electron chi connectivity index (χ2n) is 6.59. The Kier molecular flexibility index (Phi) is 5.18. The quantitative estimate of drug-likeness (QED) is 0.779. The van der Waals surface area contributed by atoms with Crippen molar-refractivity contribution in [2.24, 2.45) is 0 Å². The Morgan fingerprint density at radius 3 is 2.48 bits per heavy atom. The molecule has 2 rings (SSSR count). The van der Waals surface area contributed by atoms with Crippen LogP contribution in [0.25, 0.3) is 0 Å². The lowest BCUT2D eigenvalue weighted by Crippen LogP contribution is -2.41. The maximum Gasteiger partial charge on any atom is 0.410 e. The van der Waals surface area contributed by atoms with Gasteiger partial charge >= 0.3 is 12.1 Å². The van der Waals surface area contributed by atoms with Crippen LogP contribution in [-0.4, -0.2) is 45.6 Å². The van der Waals surface area contributed by atoms with Crippen LogP contribution in [0.1, 0.15) is 52.3 Å². The van der Waals surface area contributed by atoms with Gasteiger partial charge in [0.1, 0.15) is 11.4 Å². The number of ether oxygens (including phenoxy) is 2. The van der Waals surface area contributed by atoms with Crippen molar-refractivity contribution >= 4 is 12.1 Å². The Morgan fingerprint density at radius 2 is 1.91 bits per heavy atom. The minimum absolute atomic E-state index is 0.143. The molecular formula is C16H23N3O4. The fourth-order valence-electron chi connectivity index (χ4n) is 2.40. The SMILES string of the molecule is CC(=O)Oc1ccnc(C2CCN(C(=O)OC(C)(C)C)CC2)n1. The van der Waals surface area contributed by atoms with E-state index in [1.807, 2.05) is 20.8 Å². The molecule has 126 valence electrons. The van der Waals surface area contributed by atoms with E-state index in [1.54, 1.807) is 17.2 Å². The van der Waals surface area contributed by atoms with E-state index in [9.17, 15) is 9.59 Å². The summed E-state index contributed by atoms with van der Waals surface area (Å²) in [6.07, 6.45) is 2.80. The van der Waals surface area contributed by atoms with E-state index in [1.165, 1.54) is 6.92 Å². The highest BCUT2D eigenvalue weighted by Crippen LogP contribution is 2.27. The van der Waals surface area contributed by atoms with Crippen LogP contribution in [-0.2, 0) is 9.53 Å². The number of aromatic nitrogens is 2. The molecule has 1 saturated heterocycles. The first-order valence-electron chi connectivity index (χ1n) is 7.74. The average Bonchev–Trinajstić information content (AvgIpc) is 2.45. The maximum atomic E-state index is 12.0. The minimum Gasteiger partial charge on any atom is -0.444 e. The second kappa shape index (κ2) is 6.93. The molecule has 0 saturated carbocycles. The number of amides is 1. The fraction of sp³-hybridized carbons (Fsp3) is 0.625. The molecule has 0 radical (unpaired) electrons. The molecule has 2 heterocycles. The molecule has 0 bridgehead atoms. The third kappa shape index (κ3) is 5.19. The summed E-state index contributed by atoms with van der Waals surface area (Å²) in [6.45, 7) is 8.09. The summed E-state index contributed by atoms with van der Waals surface area (Å²) in [4.78, 5) is 33.3. The molecule has 1 aromatic heterocycles. The summed E-state index contributed by atoms with van der Waals surface area (Å²) in [7, 11) is 0. The van der Waals surface area contributed by atoms with Gasteiger partial charge in [0.15, 0.2) is 0 Å². The van der Waals surface area contributed by atoms with Crippen molar-refractivity contribution in [3.8, 4) is 5.88 Å². The largest absolute Gasteiger partial charge is 0.444 e. The topological polar surface area (TPSA) is 81.6 Å². The molecule has 23 heavy (non-hydrogen) atoms. The van der Waals surface area contributed by atoms with Gasteiger partial charge in [-0.25, -0.2) is 9.78 Å². The third-order valence-corrected chi connectivity index (χ3v) is 3.41. The van der Waals surface area contributed by atoms with E-state index in [-0.39, 0.29) is 17.9 Å². The van der Waals surface area contributed by atoms with Gasteiger partial charge in [-0.05, 0) is 33.6 Å². The van der Waals surface area contributed by atoms with Crippen molar-refractivity contribution in [3.05, 3.63) is 18.1 Å². The summed E-state index contributed by atoms with van der Waals surface area (Å²) >= 11 is 0. The summed E-state index contributed by atoms with van der Waals surface area (Å²) in [5.41, 5.74) is -0.491. The minimum atomic E-state index is -0.491. The smallest absolute Gasteiger partial charge is 0.410 e. The van der Waals surface area contributed by atoms with Gasteiger partial charge in [-0.1, -0.05) is 0 Å². The molecule has 1 aromatic rings. The van der Waals surface area contributed by atoms with Gasteiger partial charge in [0, 0.05) is 38.2 Å². The van der Waals surface area contributed by atoms with Gasteiger partial charge in [0.2, 0.25) is 5.88 Å². The maximum absolute atomic E-state index is 12.0. The molecule has 0 aromatic carbocycles. The summed E-state index contributed by atoms with van der Waals surface area (Å²) < 4.78 is 10.4. The Balaban J connectivity index is 1.94. The number of hydrogen-bond acceptors (Lipinski definition) is 6. The number of likely N-dealkylation sites (tertiary alicyclic amines) is 1. The number of carbonyl (C=O) groups excluding carboxylic acids is 2. The van der Waals surface area contributed by atoms with E-state index in [2.05, 4.69) is 9.97 Å². The van der Waals surface area contributed by atoms with E-state index < -0.39 is 11.6 Å². The Labute approximate surface area is 136 Å². The van der Waals surface area contributed by atoms with Crippen molar-refractivity contribution in [1.29, 1.82) is 0 Å². The molecule has 7 nitrogen and oxygen atoms in total. The van der Waals surface area contributed by atoms with Crippen LogP contribution in [0.5, 0.6) is 5.88 Å². The number of hydrogen-bond donors (Lipinski definition) is 0. The predicted molar refractivity (Wildman–Crippen MR) is 83.1 cm³/mol. The first kappa shape index (κ1) is 17.2. The molecule has 0 N–H and O–H groups in total. The first-order chi connectivity index (χ1) is 10.7. The van der Waals surface area contributed by atoms with Gasteiger partial charge in [0.25, 0.3) is 0 Å². The lowest BCUT2D eigenvalue weighted by atomic mass is 9.96. The van der Waals surface area contributed by atoms with E-state index >= 15 is 0 Å². The number of rotatable bonds is 2. The molecular weight excluding hydrogens is 298 g/mol. The van der Waals surface area contributed by atoms with Crippen molar-refractivity contribution in [1.82, 2.24) is 14.9 Å². The van der Waals surface area contributed by atoms with Crippen LogP contribution in [0.2, 0.25) is 0 Å². The van der Waals surface area contributed by atoms with Crippen LogP contribution >= 0.6 is 0 Å². The van der Waals surface area contributed by atoms with Crippen LogP contribution in [0.15, 0.2) is 12.3 Å². The molecule has 1 aliphatic heterocycles. The van der Waals surface area contributed by atoms with Crippen LogP contribution in [0.4, 0.5) is 4.79 Å². The highest BCUT2D eigenvalue weighted by atomic mass is 16.6. The van der Waals surface area contributed by atoms with Gasteiger partial charge in [-0.15, -0.1) is 0 Å². The summed E-state index contributed by atoms with van der Waals surface area (Å²) in [5.74, 6) is 0.642. The molecule has 0 atom stereocenters. The lowest BCUT2D eigenvalue weighted by Gasteiger charge is -2.32. The molecule has 0 unspecified atom stereocenters. The summed E-state index contributed by atoms with van der Waals surface area (Å²) in [6, 6.07) is 1.56. The Hall–Kier alpha value is -2.18. The van der Waals surface area contributed by atoms with Crippen LogP contribution in [0.3, 0.4) is 0 Å². The fourth-order valence-corrected chi connectivity index (χ4v) is 2.40. The third-order valence-electron chi connectivity index (χ3n) is 3.41. The molecule has 0 aliphatic carbocycles. The van der Waals surface area contributed by atoms with Gasteiger partial charge in [-0.2, -0.15) is 4.98 Å². The molecule has 7 heteroatoms. The zero-order chi connectivity index (χ0) is 17.0. The van der Waals surface area contributed by atoms with E-state index in [0.717, 1.165) is 12.8 Å². The summed E-state index contributed by atoms with van der Waals surface area (Å²) in [5, 5.41) is 0. The van der Waals surface area contributed by atoms with Crippen molar-refractivity contribution in [3.63, 3.8) is 0 Å². The number of carbonyl (C=O) groups is 2. The molecule has 1 amide bonds. The standard InChI is InChI=1S/C16H23N3O4/c1-11(20)22-13-5-8-17-14(18-13)12-6-9-19(10-7-12)15(21)23-16(2,3)4/h5,8,12H,6-7,9-10H2,1-4H3. The van der Waals surface area contributed by atoms with E-state index in [4.69, 9.17) is 9.47 Å². The highest BCUT2D eigenvalue weighted by Gasteiger charge is 2.28. The monoisotopic (exact) mass is 321 g/mol. The molecule has 1 fully saturated rings. The average molecular weight is 321 g/mol. The number of esters is 1. The van der Waals surface area contributed by atoms with Crippen LogP contribution in [0, 0.1) is 0 Å². The zero-order valence-electron chi connectivity index (χ0n) is 14.0. The highest BCUT2D eigenvalue weighted by molar-refractivity contribution is 5.68. The zero-order valence-corrected chi connectivity index (χ0v) is 14.0. The Morgan fingerprint density at radius 1 is 1.26 bits per heavy atom. The molecule has 0 spiro atoms. The van der Waals surface area contributed by atoms with E-state index in [0.29, 0.717) is 18.9 Å². The first-order valence-corrected chi connectivity index (χ1v) is 7.74. The predicted octanol–water partition coefficient (Wildman–Crippen LogP) is 2.52. The number of nitrogens with zero attached hydrogens (tertiary/aromatic N) is 3. The van der Waals surface area contributed by atoms with Crippen molar-refractivity contribution in [2.75, 3.05) is 13.1 Å². The second-order valence-corrected chi connectivity index (χ2v) is 6.59. The number of piperidine rings is 1. The Bertz CT molecular complexity index is 575. The lowest BCUT2D eigenvalue weighted by molar-refractivity contribution is -0.132. The molecule has 1 aliphatic rings. The van der Waals surface area contributed by atoms with Crippen molar-refractivity contribution < 1.29 is 19.1 Å². The normalized spacial score (nSPS) is 16.1. The van der Waals surface area contributed by atoms with Crippen LogP contribution < -0.4 is 4.74 Å². The van der Waals surface area contributed by atoms with Gasteiger partial charge < -0.3 is 14.4 Å².